The van der Waals surface area contributed by atoms with Gasteiger partial charge in [0.05, 0.1) is 6.61 Å². The molecule has 0 radical (unpaired) electrons. The minimum absolute atomic E-state index is 0.333. The summed E-state index contributed by atoms with van der Waals surface area (Å²) in [5.74, 6) is -0.336. The van der Waals surface area contributed by atoms with E-state index in [1.165, 1.54) is 0 Å². The average molecular weight is 340 g/mol. The van der Waals surface area contributed by atoms with E-state index >= 15 is 0 Å². The van der Waals surface area contributed by atoms with Crippen molar-refractivity contribution in [3.05, 3.63) is 77.1 Å². The number of hydrogen-bond donors (Lipinski definition) is 0. The summed E-state index contributed by atoms with van der Waals surface area (Å²) >= 11 is 6.35. The normalized spacial score (nSPS) is 10.6. The molecule has 3 rings (SSSR count). The van der Waals surface area contributed by atoms with Crippen LogP contribution < -0.4 is 0 Å². The molecule has 0 saturated heterocycles. The van der Waals surface area contributed by atoms with Crippen molar-refractivity contribution in [3.63, 3.8) is 0 Å². The van der Waals surface area contributed by atoms with E-state index in [1.807, 2.05) is 72.3 Å². The zero-order valence-electron chi connectivity index (χ0n) is 13.6. The maximum atomic E-state index is 12.5. The van der Waals surface area contributed by atoms with Gasteiger partial charge in [-0.05, 0) is 37.6 Å². The lowest BCUT2D eigenvalue weighted by Crippen LogP contribution is -2.12. The number of benzene rings is 2. The van der Waals surface area contributed by atoms with Crippen LogP contribution >= 0.6 is 11.6 Å². The molecule has 0 aliphatic carbocycles. The third kappa shape index (κ3) is 2.95. The van der Waals surface area contributed by atoms with Crippen LogP contribution in [-0.4, -0.2) is 17.1 Å². The van der Waals surface area contributed by atoms with Crippen molar-refractivity contribution in [3.8, 4) is 16.8 Å². The molecule has 0 unspecified atom stereocenters. The van der Waals surface area contributed by atoms with Gasteiger partial charge < -0.3 is 9.30 Å². The fourth-order valence-corrected chi connectivity index (χ4v) is 3.03. The molecule has 0 aliphatic rings. The monoisotopic (exact) mass is 339 g/mol. The Labute approximate surface area is 146 Å². The van der Waals surface area contributed by atoms with E-state index in [0.717, 1.165) is 22.4 Å². The quantitative estimate of drug-likeness (QED) is 0.605. The van der Waals surface area contributed by atoms with E-state index in [4.69, 9.17) is 16.3 Å². The molecule has 4 heteroatoms. The van der Waals surface area contributed by atoms with Gasteiger partial charge in [-0.1, -0.05) is 48.0 Å². The molecule has 0 atom stereocenters. The summed E-state index contributed by atoms with van der Waals surface area (Å²) < 4.78 is 7.12. The second-order valence-corrected chi connectivity index (χ2v) is 5.83. The number of carbonyl (C=O) groups excluding carboxylic acids is 1. The number of nitrogens with zero attached hydrogens (tertiary/aromatic N) is 1. The summed E-state index contributed by atoms with van der Waals surface area (Å²) in [5.41, 5.74) is 4.11. The van der Waals surface area contributed by atoms with Crippen molar-refractivity contribution in [2.75, 3.05) is 6.61 Å². The molecule has 0 bridgehead atoms. The van der Waals surface area contributed by atoms with Crippen LogP contribution in [-0.2, 0) is 4.74 Å². The van der Waals surface area contributed by atoms with Gasteiger partial charge in [0, 0.05) is 28.0 Å². The number of halogens is 1. The Morgan fingerprint density at radius 3 is 2.38 bits per heavy atom. The smallest absolute Gasteiger partial charge is 0.355 e. The maximum absolute atomic E-state index is 12.5. The van der Waals surface area contributed by atoms with Gasteiger partial charge in [-0.3, -0.25) is 0 Å². The number of aromatic nitrogens is 1. The Balaban J connectivity index is 2.23. The summed E-state index contributed by atoms with van der Waals surface area (Å²) in [6.07, 6.45) is 1.94. The summed E-state index contributed by atoms with van der Waals surface area (Å²) in [6.45, 7) is 4.06. The molecule has 1 aromatic heterocycles. The van der Waals surface area contributed by atoms with Gasteiger partial charge in [0.2, 0.25) is 0 Å². The molecule has 0 saturated carbocycles. The molecule has 0 N–H and O–H groups in total. The largest absolute Gasteiger partial charge is 0.461 e. The lowest BCUT2D eigenvalue weighted by atomic mass is 10.0. The minimum atomic E-state index is -0.336. The SMILES string of the molecule is CCOC(=O)c1c(C)c(-c2ccccc2Cl)cn1-c1ccccc1. The van der Waals surface area contributed by atoms with Gasteiger partial charge in [0.1, 0.15) is 5.69 Å². The first-order valence-electron chi connectivity index (χ1n) is 7.83. The second-order valence-electron chi connectivity index (χ2n) is 5.42. The van der Waals surface area contributed by atoms with Crippen LogP contribution in [0.5, 0.6) is 0 Å². The standard InChI is InChI=1S/C20H18ClNO2/c1-3-24-20(23)19-14(2)17(16-11-7-8-12-18(16)21)13-22(19)15-9-5-4-6-10-15/h4-13H,3H2,1-2H3. The third-order valence-corrected chi connectivity index (χ3v) is 4.26. The lowest BCUT2D eigenvalue weighted by molar-refractivity contribution is 0.0516. The average Bonchev–Trinajstić information content (AvgIpc) is 2.94. The number of hydrogen-bond acceptors (Lipinski definition) is 2. The highest BCUT2D eigenvalue weighted by molar-refractivity contribution is 6.33. The van der Waals surface area contributed by atoms with Crippen molar-refractivity contribution in [1.82, 2.24) is 4.57 Å². The van der Waals surface area contributed by atoms with Crippen LogP contribution in [0.3, 0.4) is 0 Å². The predicted octanol–water partition coefficient (Wildman–Crippen LogP) is 5.28. The third-order valence-electron chi connectivity index (χ3n) is 3.93. The number of ether oxygens (including phenoxy) is 1. The topological polar surface area (TPSA) is 31.2 Å². The first-order valence-corrected chi connectivity index (χ1v) is 8.20. The molecule has 3 nitrogen and oxygen atoms in total. The van der Waals surface area contributed by atoms with E-state index in [-0.39, 0.29) is 5.97 Å². The molecule has 0 spiro atoms. The molecule has 122 valence electrons. The molecule has 1 heterocycles. The van der Waals surface area contributed by atoms with Crippen molar-refractivity contribution in [2.24, 2.45) is 0 Å². The van der Waals surface area contributed by atoms with E-state index in [1.54, 1.807) is 6.92 Å². The Bertz CT molecular complexity index is 869. The van der Waals surface area contributed by atoms with Crippen molar-refractivity contribution < 1.29 is 9.53 Å². The van der Waals surface area contributed by atoms with Gasteiger partial charge >= 0.3 is 5.97 Å². The van der Waals surface area contributed by atoms with Gasteiger partial charge in [0.15, 0.2) is 0 Å². The summed E-state index contributed by atoms with van der Waals surface area (Å²) in [7, 11) is 0. The second kappa shape index (κ2) is 6.93. The van der Waals surface area contributed by atoms with Crippen LogP contribution in [0, 0.1) is 6.92 Å². The molecule has 0 amide bonds. The molecular weight excluding hydrogens is 322 g/mol. The summed E-state index contributed by atoms with van der Waals surface area (Å²) in [4.78, 5) is 12.5. The van der Waals surface area contributed by atoms with Crippen molar-refractivity contribution in [2.45, 2.75) is 13.8 Å². The highest BCUT2D eigenvalue weighted by atomic mass is 35.5. The summed E-state index contributed by atoms with van der Waals surface area (Å²) in [5, 5.41) is 0.654. The first kappa shape index (κ1) is 16.3. The molecule has 2 aromatic carbocycles. The van der Waals surface area contributed by atoms with Crippen LogP contribution in [0.15, 0.2) is 60.8 Å². The highest BCUT2D eigenvalue weighted by Gasteiger charge is 2.22. The lowest BCUT2D eigenvalue weighted by Gasteiger charge is -2.09. The van der Waals surface area contributed by atoms with Gasteiger partial charge in [-0.15, -0.1) is 0 Å². The van der Waals surface area contributed by atoms with Crippen LogP contribution in [0.2, 0.25) is 5.02 Å². The van der Waals surface area contributed by atoms with Crippen LogP contribution in [0.1, 0.15) is 23.0 Å². The minimum Gasteiger partial charge on any atom is -0.461 e. The van der Waals surface area contributed by atoms with E-state index in [2.05, 4.69) is 0 Å². The summed E-state index contributed by atoms with van der Waals surface area (Å²) in [6, 6.07) is 17.4. The molecule has 0 aliphatic heterocycles. The fourth-order valence-electron chi connectivity index (χ4n) is 2.79. The number of esters is 1. The predicted molar refractivity (Wildman–Crippen MR) is 96.9 cm³/mol. The van der Waals surface area contributed by atoms with Gasteiger partial charge in [0.25, 0.3) is 0 Å². The van der Waals surface area contributed by atoms with E-state index in [0.29, 0.717) is 17.3 Å². The van der Waals surface area contributed by atoms with E-state index in [9.17, 15) is 4.79 Å². The highest BCUT2D eigenvalue weighted by Crippen LogP contribution is 2.34. The van der Waals surface area contributed by atoms with E-state index < -0.39 is 0 Å². The van der Waals surface area contributed by atoms with Crippen LogP contribution in [0.25, 0.3) is 16.8 Å². The molecular formula is C20H18ClNO2. The Morgan fingerprint density at radius 1 is 1.04 bits per heavy atom. The Morgan fingerprint density at radius 2 is 1.71 bits per heavy atom. The zero-order valence-corrected chi connectivity index (χ0v) is 14.4. The van der Waals surface area contributed by atoms with Gasteiger partial charge in [-0.2, -0.15) is 0 Å². The van der Waals surface area contributed by atoms with Gasteiger partial charge in [-0.25, -0.2) is 4.79 Å². The maximum Gasteiger partial charge on any atom is 0.355 e. The Hall–Kier alpha value is -2.52. The Kier molecular flexibility index (Phi) is 4.72. The first-order chi connectivity index (χ1) is 11.6. The number of para-hydroxylation sites is 1. The van der Waals surface area contributed by atoms with Crippen LogP contribution in [0.4, 0.5) is 0 Å². The van der Waals surface area contributed by atoms with Crippen molar-refractivity contribution in [1.29, 1.82) is 0 Å². The fraction of sp³-hybridized carbons (Fsp3) is 0.150. The van der Waals surface area contributed by atoms with Crippen molar-refractivity contribution >= 4 is 17.6 Å². The molecule has 3 aromatic rings. The number of carbonyl (C=O) groups is 1. The number of rotatable bonds is 4. The molecule has 0 fully saturated rings. The zero-order chi connectivity index (χ0) is 17.1. The molecule has 24 heavy (non-hydrogen) atoms.